The Hall–Kier alpha value is -2.55. The zero-order valence-electron chi connectivity index (χ0n) is 14.3. The molecule has 0 saturated carbocycles. The molecule has 1 heterocycles. The molecule has 3 heteroatoms. The van der Waals surface area contributed by atoms with Crippen molar-refractivity contribution in [2.24, 2.45) is 0 Å². The topological polar surface area (TPSA) is 31.2 Å². The number of rotatable bonds is 6. The van der Waals surface area contributed by atoms with Gasteiger partial charge in [-0.2, -0.15) is 0 Å². The highest BCUT2D eigenvalue weighted by atomic mass is 16.5. The van der Waals surface area contributed by atoms with Crippen molar-refractivity contribution in [3.63, 3.8) is 0 Å². The van der Waals surface area contributed by atoms with Gasteiger partial charge in [0.1, 0.15) is 5.75 Å². The lowest BCUT2D eigenvalue weighted by Crippen LogP contribution is -2.21. The second-order valence-electron chi connectivity index (χ2n) is 6.03. The van der Waals surface area contributed by atoms with Gasteiger partial charge in [-0.05, 0) is 49.1 Å². The van der Waals surface area contributed by atoms with Crippen LogP contribution in [0, 0.1) is 6.92 Å². The highest BCUT2D eigenvalue weighted by Gasteiger charge is 2.05. The van der Waals surface area contributed by atoms with Gasteiger partial charge in [-0.25, -0.2) is 0 Å². The van der Waals surface area contributed by atoms with E-state index in [4.69, 9.17) is 4.74 Å². The van der Waals surface area contributed by atoms with Gasteiger partial charge in [0.05, 0.1) is 12.1 Å². The maximum Gasteiger partial charge on any atom is 0.251 e. The lowest BCUT2D eigenvalue weighted by atomic mass is 10.1. The Kier molecular flexibility index (Phi) is 4.99. The van der Waals surface area contributed by atoms with Crippen LogP contribution < -0.4 is 10.3 Å². The molecule has 3 nitrogen and oxygen atoms in total. The third-order valence-corrected chi connectivity index (χ3v) is 4.35. The van der Waals surface area contributed by atoms with Crippen LogP contribution in [0.25, 0.3) is 10.9 Å². The first-order valence-electron chi connectivity index (χ1n) is 8.50. The van der Waals surface area contributed by atoms with Crippen LogP contribution in [0.4, 0.5) is 0 Å². The summed E-state index contributed by atoms with van der Waals surface area (Å²) in [4.78, 5) is 12.3. The highest BCUT2D eigenvalue weighted by Crippen LogP contribution is 2.16. The summed E-state index contributed by atoms with van der Waals surface area (Å²) in [5.41, 5.74) is 3.38. The quantitative estimate of drug-likeness (QED) is 0.632. The molecule has 0 aliphatic carbocycles. The second kappa shape index (κ2) is 7.35. The van der Waals surface area contributed by atoms with Gasteiger partial charge < -0.3 is 9.30 Å². The molecule has 0 N–H and O–H groups in total. The molecule has 0 unspecified atom stereocenters. The molecule has 0 atom stereocenters. The molecule has 0 aliphatic rings. The van der Waals surface area contributed by atoms with Gasteiger partial charge in [0.15, 0.2) is 0 Å². The van der Waals surface area contributed by atoms with Crippen LogP contribution in [-0.2, 0) is 13.0 Å². The summed E-state index contributed by atoms with van der Waals surface area (Å²) in [6, 6.07) is 18.0. The molecule has 0 radical (unpaired) electrons. The van der Waals surface area contributed by atoms with Crippen molar-refractivity contribution in [2.75, 3.05) is 6.61 Å². The molecule has 0 fully saturated rings. The minimum absolute atomic E-state index is 0.0542. The van der Waals surface area contributed by atoms with Crippen LogP contribution in [0.15, 0.2) is 59.4 Å². The molecule has 124 valence electrons. The van der Waals surface area contributed by atoms with Crippen molar-refractivity contribution < 1.29 is 4.74 Å². The van der Waals surface area contributed by atoms with Crippen molar-refractivity contribution in [1.29, 1.82) is 0 Å². The lowest BCUT2D eigenvalue weighted by molar-refractivity contribution is 0.302. The largest absolute Gasteiger partial charge is 0.494 e. The molecule has 1 aromatic heterocycles. The Morgan fingerprint density at radius 1 is 1.04 bits per heavy atom. The Morgan fingerprint density at radius 2 is 1.79 bits per heavy atom. The van der Waals surface area contributed by atoms with Crippen molar-refractivity contribution in [1.82, 2.24) is 4.57 Å². The summed E-state index contributed by atoms with van der Waals surface area (Å²) in [7, 11) is 0. The van der Waals surface area contributed by atoms with E-state index < -0.39 is 0 Å². The van der Waals surface area contributed by atoms with E-state index in [-0.39, 0.29) is 5.56 Å². The monoisotopic (exact) mass is 321 g/mol. The summed E-state index contributed by atoms with van der Waals surface area (Å²) in [6.07, 6.45) is 1.83. The van der Waals surface area contributed by atoms with Gasteiger partial charge in [-0.1, -0.05) is 37.3 Å². The number of ether oxygens (including phenoxy) is 1. The molecule has 3 aromatic rings. The number of aryl methyl sites for hydroxylation is 3. The Morgan fingerprint density at radius 3 is 2.54 bits per heavy atom. The summed E-state index contributed by atoms with van der Waals surface area (Å²) < 4.78 is 7.63. The standard InChI is InChI=1S/C21H23NO2/c1-3-17-9-11-18(12-10-17)24-14-6-13-22-20-8-5-4-7-19(20)16(2)15-21(22)23/h4-5,7-12,15H,3,6,13-14H2,1-2H3. The minimum atomic E-state index is 0.0542. The zero-order valence-corrected chi connectivity index (χ0v) is 14.3. The van der Waals surface area contributed by atoms with E-state index in [9.17, 15) is 4.79 Å². The number of aromatic nitrogens is 1. The molecule has 3 rings (SSSR count). The zero-order chi connectivity index (χ0) is 16.9. The smallest absolute Gasteiger partial charge is 0.251 e. The summed E-state index contributed by atoms with van der Waals surface area (Å²) >= 11 is 0. The number of nitrogens with zero attached hydrogens (tertiary/aromatic N) is 1. The molecular formula is C21H23NO2. The molecule has 2 aromatic carbocycles. The third-order valence-electron chi connectivity index (χ3n) is 4.35. The maximum absolute atomic E-state index is 12.3. The number of hydrogen-bond acceptors (Lipinski definition) is 2. The van der Waals surface area contributed by atoms with E-state index >= 15 is 0 Å². The van der Waals surface area contributed by atoms with Gasteiger partial charge in [-0.15, -0.1) is 0 Å². The van der Waals surface area contributed by atoms with E-state index in [1.165, 1.54) is 5.56 Å². The van der Waals surface area contributed by atoms with Crippen LogP contribution in [0.3, 0.4) is 0 Å². The van der Waals surface area contributed by atoms with Gasteiger partial charge >= 0.3 is 0 Å². The summed E-state index contributed by atoms with van der Waals surface area (Å²) in [5, 5.41) is 1.13. The fourth-order valence-electron chi connectivity index (χ4n) is 2.97. The van der Waals surface area contributed by atoms with E-state index in [1.807, 2.05) is 41.8 Å². The minimum Gasteiger partial charge on any atom is -0.494 e. The summed E-state index contributed by atoms with van der Waals surface area (Å²) in [5.74, 6) is 0.883. The SMILES string of the molecule is CCc1ccc(OCCCn2c(=O)cc(C)c3ccccc32)cc1. The predicted octanol–water partition coefficient (Wildman–Crippen LogP) is 4.34. The van der Waals surface area contributed by atoms with Crippen LogP contribution in [0.1, 0.15) is 24.5 Å². The van der Waals surface area contributed by atoms with Crippen molar-refractivity contribution in [3.8, 4) is 5.75 Å². The van der Waals surface area contributed by atoms with Gasteiger partial charge in [0.2, 0.25) is 0 Å². The normalized spacial score (nSPS) is 10.9. The van der Waals surface area contributed by atoms with Crippen molar-refractivity contribution in [3.05, 3.63) is 76.1 Å². The fraction of sp³-hybridized carbons (Fsp3) is 0.286. The van der Waals surface area contributed by atoms with Crippen LogP contribution in [0.5, 0.6) is 5.75 Å². The molecule has 24 heavy (non-hydrogen) atoms. The molecule has 0 amide bonds. The van der Waals surface area contributed by atoms with Gasteiger partial charge in [0, 0.05) is 18.0 Å². The van der Waals surface area contributed by atoms with Crippen molar-refractivity contribution >= 4 is 10.9 Å². The highest BCUT2D eigenvalue weighted by molar-refractivity contribution is 5.82. The Balaban J connectivity index is 1.66. The second-order valence-corrected chi connectivity index (χ2v) is 6.03. The Labute approximate surface area is 142 Å². The van der Waals surface area contributed by atoms with Crippen LogP contribution in [-0.4, -0.2) is 11.2 Å². The van der Waals surface area contributed by atoms with E-state index in [1.54, 1.807) is 6.07 Å². The van der Waals surface area contributed by atoms with Crippen LogP contribution in [0.2, 0.25) is 0 Å². The molecule has 0 aliphatic heterocycles. The average molecular weight is 321 g/mol. The number of hydrogen-bond donors (Lipinski definition) is 0. The fourth-order valence-corrected chi connectivity index (χ4v) is 2.97. The van der Waals surface area contributed by atoms with E-state index in [2.05, 4.69) is 25.1 Å². The first kappa shape index (κ1) is 16.3. The third kappa shape index (κ3) is 3.51. The average Bonchev–Trinajstić information content (AvgIpc) is 2.61. The number of fused-ring (bicyclic) bond motifs is 1. The lowest BCUT2D eigenvalue weighted by Gasteiger charge is -2.12. The predicted molar refractivity (Wildman–Crippen MR) is 98.9 cm³/mol. The maximum atomic E-state index is 12.3. The Bertz CT molecular complexity index is 878. The molecule has 0 bridgehead atoms. The summed E-state index contributed by atoms with van der Waals surface area (Å²) in [6.45, 7) is 5.38. The van der Waals surface area contributed by atoms with E-state index in [0.29, 0.717) is 13.2 Å². The first-order chi connectivity index (χ1) is 11.7. The van der Waals surface area contributed by atoms with Gasteiger partial charge in [-0.3, -0.25) is 4.79 Å². The number of benzene rings is 2. The molecular weight excluding hydrogens is 298 g/mol. The first-order valence-corrected chi connectivity index (χ1v) is 8.50. The molecule has 0 spiro atoms. The molecule has 0 saturated heterocycles. The van der Waals surface area contributed by atoms with E-state index in [0.717, 1.165) is 35.1 Å². The number of pyridine rings is 1. The number of para-hydroxylation sites is 1. The van der Waals surface area contributed by atoms with Crippen molar-refractivity contribution in [2.45, 2.75) is 33.2 Å². The van der Waals surface area contributed by atoms with Gasteiger partial charge in [0.25, 0.3) is 5.56 Å². The van der Waals surface area contributed by atoms with Crippen LogP contribution >= 0.6 is 0 Å².